The number of amides is 1. The van der Waals surface area contributed by atoms with E-state index in [9.17, 15) is 13.2 Å². The van der Waals surface area contributed by atoms with Crippen molar-refractivity contribution in [2.75, 3.05) is 25.5 Å². The van der Waals surface area contributed by atoms with Gasteiger partial charge in [0.05, 0.1) is 12.0 Å². The second kappa shape index (κ2) is 9.54. The first-order chi connectivity index (χ1) is 15.5. The van der Waals surface area contributed by atoms with Gasteiger partial charge in [-0.25, -0.2) is 8.42 Å². The maximum Gasteiger partial charge on any atom is 0.277 e. The number of ether oxygens (including phenoxy) is 1. The number of rotatable bonds is 6. The molecule has 9 heteroatoms. The lowest BCUT2D eigenvalue weighted by Crippen LogP contribution is -2.31. The highest BCUT2D eigenvalue weighted by Gasteiger charge is 2.25. The summed E-state index contributed by atoms with van der Waals surface area (Å²) in [6.07, 6.45) is 3.87. The van der Waals surface area contributed by atoms with Gasteiger partial charge in [-0.15, -0.1) is 0 Å². The molecule has 0 atom stereocenters. The van der Waals surface area contributed by atoms with E-state index >= 15 is 0 Å². The van der Waals surface area contributed by atoms with E-state index in [0.717, 1.165) is 31.2 Å². The molecule has 8 nitrogen and oxygen atoms in total. The molecule has 0 radical (unpaired) electrons. The molecule has 168 valence electrons. The summed E-state index contributed by atoms with van der Waals surface area (Å²) in [5, 5.41) is 6.56. The molecule has 1 saturated heterocycles. The van der Waals surface area contributed by atoms with Crippen molar-refractivity contribution in [2.45, 2.75) is 30.6 Å². The Morgan fingerprint density at radius 3 is 2.28 bits per heavy atom. The van der Waals surface area contributed by atoms with Crippen LogP contribution in [0.25, 0.3) is 11.3 Å². The molecule has 1 amide bonds. The van der Waals surface area contributed by atoms with E-state index in [0.29, 0.717) is 30.3 Å². The van der Waals surface area contributed by atoms with Crippen molar-refractivity contribution in [3.63, 3.8) is 0 Å². The molecule has 1 aromatic heterocycles. The lowest BCUT2D eigenvalue weighted by Gasteiger charge is -2.20. The SMILES string of the molecule is COc1ccc(-c2cc(C(=O)Nc3ccc(S(=O)(=O)N4CCCCCC4)cc3)no2)cc1. The van der Waals surface area contributed by atoms with Crippen molar-refractivity contribution >= 4 is 21.6 Å². The highest BCUT2D eigenvalue weighted by atomic mass is 32.2. The molecule has 1 fully saturated rings. The van der Waals surface area contributed by atoms with Gasteiger partial charge in [0, 0.05) is 30.4 Å². The standard InChI is InChI=1S/C23H25N3O5S/c1-30-19-10-6-17(7-11-19)22-16-21(25-31-22)23(27)24-18-8-12-20(13-9-18)32(28,29)26-14-4-2-3-5-15-26/h6-13,16H,2-5,14-15H2,1H3,(H,24,27). The lowest BCUT2D eigenvalue weighted by molar-refractivity contribution is 0.101. The fourth-order valence-corrected chi connectivity index (χ4v) is 5.13. The smallest absolute Gasteiger partial charge is 0.277 e. The van der Waals surface area contributed by atoms with Crippen LogP contribution in [0, 0.1) is 0 Å². The largest absolute Gasteiger partial charge is 0.497 e. The van der Waals surface area contributed by atoms with Gasteiger partial charge in [0.1, 0.15) is 5.75 Å². The van der Waals surface area contributed by atoms with Gasteiger partial charge in [-0.1, -0.05) is 18.0 Å². The number of nitrogens with one attached hydrogen (secondary N) is 1. The highest BCUT2D eigenvalue weighted by Crippen LogP contribution is 2.24. The van der Waals surface area contributed by atoms with Crippen molar-refractivity contribution in [3.8, 4) is 17.1 Å². The van der Waals surface area contributed by atoms with Crippen LogP contribution in [0.5, 0.6) is 5.75 Å². The minimum absolute atomic E-state index is 0.122. The predicted molar refractivity (Wildman–Crippen MR) is 120 cm³/mol. The number of benzene rings is 2. The van der Waals surface area contributed by atoms with Crippen LogP contribution >= 0.6 is 0 Å². The summed E-state index contributed by atoms with van der Waals surface area (Å²) in [4.78, 5) is 12.8. The van der Waals surface area contributed by atoms with E-state index < -0.39 is 15.9 Å². The van der Waals surface area contributed by atoms with Crippen LogP contribution in [-0.2, 0) is 10.0 Å². The molecule has 1 aliphatic rings. The van der Waals surface area contributed by atoms with Crippen LogP contribution < -0.4 is 10.1 Å². The molecule has 1 aliphatic heterocycles. The summed E-state index contributed by atoms with van der Waals surface area (Å²) in [6, 6.07) is 14.9. The lowest BCUT2D eigenvalue weighted by atomic mass is 10.1. The van der Waals surface area contributed by atoms with Crippen LogP contribution in [0.2, 0.25) is 0 Å². The van der Waals surface area contributed by atoms with Gasteiger partial charge in [-0.05, 0) is 61.4 Å². The predicted octanol–water partition coefficient (Wildman–Crippen LogP) is 4.17. The minimum Gasteiger partial charge on any atom is -0.497 e. The number of anilines is 1. The van der Waals surface area contributed by atoms with Gasteiger partial charge in [-0.3, -0.25) is 4.79 Å². The molecule has 4 rings (SSSR count). The van der Waals surface area contributed by atoms with E-state index in [2.05, 4.69) is 10.5 Å². The van der Waals surface area contributed by atoms with E-state index in [-0.39, 0.29) is 10.6 Å². The Balaban J connectivity index is 1.43. The monoisotopic (exact) mass is 455 g/mol. The Morgan fingerprint density at radius 1 is 1.00 bits per heavy atom. The minimum atomic E-state index is -3.53. The molecule has 0 aliphatic carbocycles. The second-order valence-electron chi connectivity index (χ2n) is 7.60. The van der Waals surface area contributed by atoms with E-state index in [4.69, 9.17) is 9.26 Å². The van der Waals surface area contributed by atoms with Crippen LogP contribution in [0.15, 0.2) is 64.0 Å². The average Bonchev–Trinajstić information content (AvgIpc) is 3.14. The van der Waals surface area contributed by atoms with Crippen LogP contribution in [-0.4, -0.2) is 44.0 Å². The van der Waals surface area contributed by atoms with E-state index in [1.165, 1.54) is 12.1 Å². The van der Waals surface area contributed by atoms with Gasteiger partial charge in [0.15, 0.2) is 11.5 Å². The number of carbonyl (C=O) groups excluding carboxylic acids is 1. The molecular formula is C23H25N3O5S. The number of carbonyl (C=O) groups is 1. The van der Waals surface area contributed by atoms with Crippen molar-refractivity contribution in [2.24, 2.45) is 0 Å². The Kier molecular flexibility index (Phi) is 6.57. The Labute approximate surface area is 187 Å². The molecule has 0 bridgehead atoms. The van der Waals surface area contributed by atoms with Gasteiger partial charge < -0.3 is 14.6 Å². The Hall–Kier alpha value is -3.17. The summed E-state index contributed by atoms with van der Waals surface area (Å²) >= 11 is 0. The fourth-order valence-electron chi connectivity index (χ4n) is 3.61. The number of methoxy groups -OCH3 is 1. The van der Waals surface area contributed by atoms with Crippen LogP contribution in [0.3, 0.4) is 0 Å². The molecular weight excluding hydrogens is 430 g/mol. The van der Waals surface area contributed by atoms with E-state index in [1.807, 2.05) is 12.1 Å². The maximum atomic E-state index is 12.9. The Morgan fingerprint density at radius 2 is 1.66 bits per heavy atom. The van der Waals surface area contributed by atoms with Crippen molar-refractivity contribution < 1.29 is 22.5 Å². The fraction of sp³-hybridized carbons (Fsp3) is 0.304. The van der Waals surface area contributed by atoms with Crippen molar-refractivity contribution in [1.82, 2.24) is 9.46 Å². The summed E-state index contributed by atoms with van der Waals surface area (Å²) in [6.45, 7) is 1.09. The van der Waals surface area contributed by atoms with Crippen molar-refractivity contribution in [1.29, 1.82) is 0 Å². The third-order valence-electron chi connectivity index (χ3n) is 5.43. The number of hydrogen-bond donors (Lipinski definition) is 1. The molecule has 32 heavy (non-hydrogen) atoms. The summed E-state index contributed by atoms with van der Waals surface area (Å²) in [5.41, 5.74) is 1.36. The van der Waals surface area contributed by atoms with Gasteiger partial charge in [-0.2, -0.15) is 4.31 Å². The molecule has 0 spiro atoms. The molecule has 3 aromatic rings. The zero-order chi connectivity index (χ0) is 22.6. The quantitative estimate of drug-likeness (QED) is 0.599. The number of aromatic nitrogens is 1. The zero-order valence-electron chi connectivity index (χ0n) is 17.8. The van der Waals surface area contributed by atoms with Crippen LogP contribution in [0.4, 0.5) is 5.69 Å². The molecule has 2 heterocycles. The first kappa shape index (κ1) is 22.0. The van der Waals surface area contributed by atoms with Crippen molar-refractivity contribution in [3.05, 3.63) is 60.3 Å². The number of hydrogen-bond acceptors (Lipinski definition) is 6. The number of nitrogens with zero attached hydrogens (tertiary/aromatic N) is 2. The summed E-state index contributed by atoms with van der Waals surface area (Å²) in [5.74, 6) is 0.723. The molecule has 0 unspecified atom stereocenters. The first-order valence-corrected chi connectivity index (χ1v) is 11.9. The second-order valence-corrected chi connectivity index (χ2v) is 9.54. The van der Waals surface area contributed by atoms with E-state index in [1.54, 1.807) is 41.7 Å². The Bertz CT molecular complexity index is 1160. The maximum absolute atomic E-state index is 12.9. The third-order valence-corrected chi connectivity index (χ3v) is 7.35. The summed E-state index contributed by atoms with van der Waals surface area (Å²) in [7, 11) is -1.94. The van der Waals surface area contributed by atoms with Gasteiger partial charge in [0.2, 0.25) is 10.0 Å². The normalized spacial score (nSPS) is 15.2. The molecule has 2 aromatic carbocycles. The zero-order valence-corrected chi connectivity index (χ0v) is 18.6. The number of sulfonamides is 1. The average molecular weight is 456 g/mol. The third kappa shape index (κ3) is 4.84. The van der Waals surface area contributed by atoms with Gasteiger partial charge in [0.25, 0.3) is 5.91 Å². The molecule has 1 N–H and O–H groups in total. The topological polar surface area (TPSA) is 102 Å². The van der Waals surface area contributed by atoms with Crippen LogP contribution in [0.1, 0.15) is 36.2 Å². The highest BCUT2D eigenvalue weighted by molar-refractivity contribution is 7.89. The summed E-state index contributed by atoms with van der Waals surface area (Å²) < 4.78 is 37.7. The van der Waals surface area contributed by atoms with Gasteiger partial charge >= 0.3 is 0 Å². The first-order valence-electron chi connectivity index (χ1n) is 10.5. The molecule has 0 saturated carbocycles.